The van der Waals surface area contributed by atoms with E-state index in [1.807, 2.05) is 72.8 Å². The van der Waals surface area contributed by atoms with Crippen LogP contribution >= 0.6 is 12.2 Å². The standard InChI is InChI=1S/C21H18N2O2S/c24-20(15-25-19-12-5-2-6-13-19)23-21(26)22-18-11-7-10-17(14-18)16-8-3-1-4-9-16/h1-14H,15H2,(H2,22,23,24,26). The Morgan fingerprint density at radius 3 is 2.23 bits per heavy atom. The number of hydrogen-bond donors (Lipinski definition) is 2. The van der Waals surface area contributed by atoms with E-state index < -0.39 is 0 Å². The molecule has 0 saturated heterocycles. The van der Waals surface area contributed by atoms with Crippen molar-refractivity contribution in [1.82, 2.24) is 5.32 Å². The molecule has 0 aromatic heterocycles. The third-order valence-electron chi connectivity index (χ3n) is 3.59. The van der Waals surface area contributed by atoms with Crippen LogP contribution in [-0.4, -0.2) is 17.6 Å². The van der Waals surface area contributed by atoms with Crippen LogP contribution in [0.1, 0.15) is 0 Å². The highest BCUT2D eigenvalue weighted by Gasteiger charge is 2.06. The molecule has 0 aliphatic rings. The Hall–Kier alpha value is -3.18. The van der Waals surface area contributed by atoms with Crippen LogP contribution in [0.25, 0.3) is 11.1 Å². The molecule has 5 heteroatoms. The number of nitrogens with one attached hydrogen (secondary N) is 2. The lowest BCUT2D eigenvalue weighted by Crippen LogP contribution is -2.37. The molecule has 0 bridgehead atoms. The van der Waals surface area contributed by atoms with Gasteiger partial charge in [-0.05, 0) is 47.6 Å². The molecule has 0 aliphatic heterocycles. The third-order valence-corrected chi connectivity index (χ3v) is 3.80. The smallest absolute Gasteiger partial charge is 0.264 e. The van der Waals surface area contributed by atoms with E-state index in [-0.39, 0.29) is 17.6 Å². The Morgan fingerprint density at radius 1 is 0.846 bits per heavy atom. The average molecular weight is 362 g/mol. The number of carbonyl (C=O) groups excluding carboxylic acids is 1. The number of para-hydroxylation sites is 1. The van der Waals surface area contributed by atoms with Gasteiger partial charge in [0.25, 0.3) is 5.91 Å². The molecule has 3 rings (SSSR count). The molecule has 3 aromatic carbocycles. The van der Waals surface area contributed by atoms with E-state index in [1.165, 1.54) is 0 Å². The molecule has 1 amide bonds. The van der Waals surface area contributed by atoms with Gasteiger partial charge in [-0.15, -0.1) is 0 Å². The van der Waals surface area contributed by atoms with Gasteiger partial charge in [-0.25, -0.2) is 0 Å². The zero-order valence-corrected chi connectivity index (χ0v) is 14.8. The maximum Gasteiger partial charge on any atom is 0.264 e. The second-order valence-corrected chi connectivity index (χ2v) is 5.96. The van der Waals surface area contributed by atoms with Crippen LogP contribution in [0, 0.1) is 0 Å². The van der Waals surface area contributed by atoms with Gasteiger partial charge in [-0.3, -0.25) is 10.1 Å². The molecule has 0 unspecified atom stereocenters. The summed E-state index contributed by atoms with van der Waals surface area (Å²) in [4.78, 5) is 11.9. The van der Waals surface area contributed by atoms with Crippen LogP contribution in [0.4, 0.5) is 5.69 Å². The van der Waals surface area contributed by atoms with E-state index in [0.29, 0.717) is 5.75 Å². The van der Waals surface area contributed by atoms with Crippen LogP contribution < -0.4 is 15.4 Å². The van der Waals surface area contributed by atoms with Crippen LogP contribution in [0.15, 0.2) is 84.9 Å². The Balaban J connectivity index is 1.54. The number of anilines is 1. The van der Waals surface area contributed by atoms with Gasteiger partial charge in [0, 0.05) is 5.69 Å². The molecule has 4 nitrogen and oxygen atoms in total. The van der Waals surface area contributed by atoms with Crippen molar-refractivity contribution in [3.8, 4) is 16.9 Å². The molecule has 26 heavy (non-hydrogen) atoms. The molecule has 2 N–H and O–H groups in total. The highest BCUT2D eigenvalue weighted by molar-refractivity contribution is 7.80. The zero-order chi connectivity index (χ0) is 18.2. The maximum atomic E-state index is 11.9. The molecule has 130 valence electrons. The van der Waals surface area contributed by atoms with Crippen molar-refractivity contribution < 1.29 is 9.53 Å². The lowest BCUT2D eigenvalue weighted by atomic mass is 10.1. The van der Waals surface area contributed by atoms with Crippen LogP contribution in [0.3, 0.4) is 0 Å². The predicted molar refractivity (Wildman–Crippen MR) is 108 cm³/mol. The fourth-order valence-electron chi connectivity index (χ4n) is 2.40. The summed E-state index contributed by atoms with van der Waals surface area (Å²) in [7, 11) is 0. The summed E-state index contributed by atoms with van der Waals surface area (Å²) < 4.78 is 5.40. The fraction of sp³-hybridized carbons (Fsp3) is 0.0476. The van der Waals surface area contributed by atoms with Crippen molar-refractivity contribution in [1.29, 1.82) is 0 Å². The SMILES string of the molecule is O=C(COc1ccccc1)NC(=S)Nc1cccc(-c2ccccc2)c1. The highest BCUT2D eigenvalue weighted by atomic mass is 32.1. The number of amides is 1. The second-order valence-electron chi connectivity index (χ2n) is 5.55. The predicted octanol–water partition coefficient (Wildman–Crippen LogP) is 4.25. The number of benzene rings is 3. The first-order valence-electron chi connectivity index (χ1n) is 8.15. The lowest BCUT2D eigenvalue weighted by molar-refractivity contribution is -0.121. The topological polar surface area (TPSA) is 50.4 Å². The first-order chi connectivity index (χ1) is 12.7. The summed E-state index contributed by atoms with van der Waals surface area (Å²) in [6.07, 6.45) is 0. The van der Waals surface area contributed by atoms with Gasteiger partial charge in [0.2, 0.25) is 0 Å². The minimum absolute atomic E-state index is 0.101. The maximum absolute atomic E-state index is 11.9. The number of ether oxygens (including phenoxy) is 1. The number of thiocarbonyl (C=S) groups is 1. The van der Waals surface area contributed by atoms with Crippen molar-refractivity contribution in [2.45, 2.75) is 0 Å². The molecule has 3 aromatic rings. The molecular weight excluding hydrogens is 344 g/mol. The van der Waals surface area contributed by atoms with Gasteiger partial charge in [-0.2, -0.15) is 0 Å². The molecule has 0 saturated carbocycles. The molecular formula is C21H18N2O2S. The van der Waals surface area contributed by atoms with Gasteiger partial charge in [-0.1, -0.05) is 60.7 Å². The van der Waals surface area contributed by atoms with Gasteiger partial charge in [0.05, 0.1) is 0 Å². The zero-order valence-electron chi connectivity index (χ0n) is 14.0. The quantitative estimate of drug-likeness (QED) is 0.667. The number of carbonyl (C=O) groups is 1. The van der Waals surface area contributed by atoms with E-state index >= 15 is 0 Å². The van der Waals surface area contributed by atoms with Gasteiger partial charge in [0.1, 0.15) is 5.75 Å². The van der Waals surface area contributed by atoms with Crippen molar-refractivity contribution in [3.63, 3.8) is 0 Å². The van der Waals surface area contributed by atoms with E-state index in [4.69, 9.17) is 17.0 Å². The normalized spacial score (nSPS) is 10.0. The fourth-order valence-corrected chi connectivity index (χ4v) is 2.63. The van der Waals surface area contributed by atoms with Crippen LogP contribution in [0.5, 0.6) is 5.75 Å². The summed E-state index contributed by atoms with van der Waals surface area (Å²) in [5.41, 5.74) is 2.99. The molecule has 0 radical (unpaired) electrons. The molecule has 0 aliphatic carbocycles. The molecule has 0 heterocycles. The molecule has 0 atom stereocenters. The first-order valence-corrected chi connectivity index (χ1v) is 8.56. The highest BCUT2D eigenvalue weighted by Crippen LogP contribution is 2.22. The largest absolute Gasteiger partial charge is 0.484 e. The monoisotopic (exact) mass is 362 g/mol. The first kappa shape index (κ1) is 17.6. The minimum Gasteiger partial charge on any atom is -0.484 e. The lowest BCUT2D eigenvalue weighted by Gasteiger charge is -2.11. The molecule has 0 spiro atoms. The van der Waals surface area contributed by atoms with E-state index in [9.17, 15) is 4.79 Å². The van der Waals surface area contributed by atoms with Crippen molar-refractivity contribution in [2.24, 2.45) is 0 Å². The molecule has 0 fully saturated rings. The van der Waals surface area contributed by atoms with Crippen molar-refractivity contribution >= 4 is 28.9 Å². The Morgan fingerprint density at radius 2 is 1.50 bits per heavy atom. The van der Waals surface area contributed by atoms with Gasteiger partial charge in [0.15, 0.2) is 11.7 Å². The third kappa shape index (κ3) is 5.16. The average Bonchev–Trinajstić information content (AvgIpc) is 2.68. The van der Waals surface area contributed by atoms with Crippen molar-refractivity contribution in [3.05, 3.63) is 84.9 Å². The Kier molecular flexibility index (Phi) is 5.96. The van der Waals surface area contributed by atoms with E-state index in [0.717, 1.165) is 16.8 Å². The van der Waals surface area contributed by atoms with E-state index in [2.05, 4.69) is 10.6 Å². The summed E-state index contributed by atoms with van der Waals surface area (Å²) in [6, 6.07) is 27.0. The summed E-state index contributed by atoms with van der Waals surface area (Å²) >= 11 is 5.20. The second kappa shape index (κ2) is 8.78. The Bertz CT molecular complexity index is 883. The summed E-state index contributed by atoms with van der Waals surface area (Å²) in [5, 5.41) is 5.87. The van der Waals surface area contributed by atoms with Crippen LogP contribution in [0.2, 0.25) is 0 Å². The number of hydrogen-bond acceptors (Lipinski definition) is 3. The summed E-state index contributed by atoms with van der Waals surface area (Å²) in [5.74, 6) is 0.322. The van der Waals surface area contributed by atoms with E-state index in [1.54, 1.807) is 12.1 Å². The van der Waals surface area contributed by atoms with Crippen LogP contribution in [-0.2, 0) is 4.79 Å². The number of rotatable bonds is 5. The summed E-state index contributed by atoms with van der Waals surface area (Å²) in [6.45, 7) is -0.101. The Labute approximate surface area is 157 Å². The van der Waals surface area contributed by atoms with Gasteiger partial charge < -0.3 is 10.1 Å². The van der Waals surface area contributed by atoms with Gasteiger partial charge >= 0.3 is 0 Å². The van der Waals surface area contributed by atoms with Crippen molar-refractivity contribution in [2.75, 3.05) is 11.9 Å². The minimum atomic E-state index is -0.314.